The van der Waals surface area contributed by atoms with Crippen LogP contribution in [0.3, 0.4) is 0 Å². The SMILES string of the molecule is O=C(CCl)Nc1cccc(C2SCC(=O)N2c2ccccc2)c1. The lowest BCUT2D eigenvalue weighted by Crippen LogP contribution is -2.27. The number of halogens is 1. The molecular weight excluding hydrogens is 332 g/mol. The van der Waals surface area contributed by atoms with Crippen LogP contribution in [0.2, 0.25) is 0 Å². The van der Waals surface area contributed by atoms with Gasteiger partial charge in [0.25, 0.3) is 0 Å². The summed E-state index contributed by atoms with van der Waals surface area (Å²) in [6.45, 7) is 0. The van der Waals surface area contributed by atoms with Gasteiger partial charge in [0.05, 0.1) is 5.75 Å². The molecule has 1 aliphatic heterocycles. The van der Waals surface area contributed by atoms with Crippen LogP contribution in [0.5, 0.6) is 0 Å². The first-order chi connectivity index (χ1) is 11.2. The Balaban J connectivity index is 1.89. The number of hydrogen-bond donors (Lipinski definition) is 1. The number of carbonyl (C=O) groups is 2. The first-order valence-electron chi connectivity index (χ1n) is 7.13. The van der Waals surface area contributed by atoms with E-state index in [-0.39, 0.29) is 23.1 Å². The summed E-state index contributed by atoms with van der Waals surface area (Å²) < 4.78 is 0. The lowest BCUT2D eigenvalue weighted by Gasteiger charge is -2.24. The predicted molar refractivity (Wildman–Crippen MR) is 94.9 cm³/mol. The first-order valence-corrected chi connectivity index (χ1v) is 8.72. The minimum absolute atomic E-state index is 0.0846. The predicted octanol–water partition coefficient (Wildman–Crippen LogP) is 3.64. The van der Waals surface area contributed by atoms with Gasteiger partial charge in [-0.25, -0.2) is 0 Å². The molecule has 1 atom stereocenters. The van der Waals surface area contributed by atoms with E-state index in [9.17, 15) is 9.59 Å². The Hall–Kier alpha value is -1.98. The molecule has 1 unspecified atom stereocenters. The molecule has 3 rings (SSSR count). The fourth-order valence-electron chi connectivity index (χ4n) is 2.50. The van der Waals surface area contributed by atoms with Crippen molar-refractivity contribution < 1.29 is 9.59 Å². The van der Waals surface area contributed by atoms with E-state index in [0.29, 0.717) is 11.4 Å². The topological polar surface area (TPSA) is 49.4 Å². The van der Waals surface area contributed by atoms with Crippen LogP contribution in [-0.4, -0.2) is 23.4 Å². The van der Waals surface area contributed by atoms with Crippen molar-refractivity contribution in [3.05, 3.63) is 60.2 Å². The zero-order valence-electron chi connectivity index (χ0n) is 12.2. The molecule has 1 fully saturated rings. The molecule has 6 heteroatoms. The number of para-hydroxylation sites is 1. The number of nitrogens with zero attached hydrogens (tertiary/aromatic N) is 1. The minimum Gasteiger partial charge on any atom is -0.325 e. The molecule has 0 aromatic heterocycles. The van der Waals surface area contributed by atoms with Crippen LogP contribution in [-0.2, 0) is 9.59 Å². The quantitative estimate of drug-likeness (QED) is 0.860. The zero-order valence-corrected chi connectivity index (χ0v) is 13.8. The summed E-state index contributed by atoms with van der Waals surface area (Å²) in [6, 6.07) is 17.1. The maximum Gasteiger partial charge on any atom is 0.239 e. The summed E-state index contributed by atoms with van der Waals surface area (Å²) in [4.78, 5) is 25.5. The zero-order chi connectivity index (χ0) is 16.2. The summed E-state index contributed by atoms with van der Waals surface area (Å²) in [5, 5.41) is 2.64. The van der Waals surface area contributed by atoms with Crippen LogP contribution in [0.15, 0.2) is 54.6 Å². The van der Waals surface area contributed by atoms with Gasteiger partial charge in [-0.15, -0.1) is 23.4 Å². The van der Waals surface area contributed by atoms with E-state index < -0.39 is 0 Å². The van der Waals surface area contributed by atoms with Crippen molar-refractivity contribution in [1.82, 2.24) is 0 Å². The molecule has 0 spiro atoms. The fraction of sp³-hybridized carbons (Fsp3) is 0.176. The number of rotatable bonds is 4. The van der Waals surface area contributed by atoms with Gasteiger partial charge in [0.2, 0.25) is 11.8 Å². The third kappa shape index (κ3) is 3.51. The van der Waals surface area contributed by atoms with Crippen molar-refractivity contribution in [2.75, 3.05) is 21.8 Å². The molecule has 0 radical (unpaired) electrons. The monoisotopic (exact) mass is 346 g/mol. The van der Waals surface area contributed by atoms with E-state index in [1.165, 1.54) is 0 Å². The molecule has 2 amide bonds. The summed E-state index contributed by atoms with van der Waals surface area (Å²) in [5.74, 6) is 0.190. The number of amides is 2. The van der Waals surface area contributed by atoms with Crippen LogP contribution < -0.4 is 10.2 Å². The van der Waals surface area contributed by atoms with E-state index in [1.54, 1.807) is 16.7 Å². The number of alkyl halides is 1. The Morgan fingerprint density at radius 1 is 1.22 bits per heavy atom. The van der Waals surface area contributed by atoms with Crippen LogP contribution in [0.1, 0.15) is 10.9 Å². The normalized spacial score (nSPS) is 17.3. The molecule has 1 saturated heterocycles. The van der Waals surface area contributed by atoms with Crippen molar-refractivity contribution in [3.63, 3.8) is 0 Å². The molecule has 0 bridgehead atoms. The van der Waals surface area contributed by atoms with Gasteiger partial charge in [-0.3, -0.25) is 14.5 Å². The molecule has 23 heavy (non-hydrogen) atoms. The van der Waals surface area contributed by atoms with Gasteiger partial charge in [0, 0.05) is 11.4 Å². The number of thioether (sulfide) groups is 1. The lowest BCUT2D eigenvalue weighted by molar-refractivity contribution is -0.116. The third-order valence-electron chi connectivity index (χ3n) is 3.48. The van der Waals surface area contributed by atoms with Gasteiger partial charge in [-0.05, 0) is 29.8 Å². The fourth-order valence-corrected chi connectivity index (χ4v) is 3.74. The van der Waals surface area contributed by atoms with E-state index in [0.717, 1.165) is 11.3 Å². The van der Waals surface area contributed by atoms with Crippen LogP contribution in [0.4, 0.5) is 11.4 Å². The highest BCUT2D eigenvalue weighted by molar-refractivity contribution is 8.00. The molecule has 118 valence electrons. The van der Waals surface area contributed by atoms with Crippen LogP contribution in [0.25, 0.3) is 0 Å². The van der Waals surface area contributed by atoms with Gasteiger partial charge in [0.15, 0.2) is 0 Å². The molecule has 2 aromatic rings. The van der Waals surface area contributed by atoms with Gasteiger partial charge < -0.3 is 5.32 Å². The maximum atomic E-state index is 12.3. The largest absolute Gasteiger partial charge is 0.325 e. The van der Waals surface area contributed by atoms with Gasteiger partial charge >= 0.3 is 0 Å². The molecule has 4 nitrogen and oxygen atoms in total. The summed E-state index contributed by atoms with van der Waals surface area (Å²) in [6.07, 6.45) is 0. The summed E-state index contributed by atoms with van der Waals surface area (Å²) >= 11 is 7.10. The van der Waals surface area contributed by atoms with Gasteiger partial charge in [0.1, 0.15) is 11.3 Å². The molecule has 1 N–H and O–H groups in total. The van der Waals surface area contributed by atoms with Crippen molar-refractivity contribution in [2.45, 2.75) is 5.37 Å². The Labute approximate surface area is 143 Å². The molecule has 0 aliphatic carbocycles. The second kappa shape index (κ2) is 7.06. The Morgan fingerprint density at radius 2 is 2.00 bits per heavy atom. The van der Waals surface area contributed by atoms with E-state index >= 15 is 0 Å². The first kappa shape index (κ1) is 15.9. The molecule has 2 aromatic carbocycles. The van der Waals surface area contributed by atoms with E-state index in [2.05, 4.69) is 5.32 Å². The van der Waals surface area contributed by atoms with E-state index in [1.807, 2.05) is 54.6 Å². The number of hydrogen-bond acceptors (Lipinski definition) is 3. The summed E-state index contributed by atoms with van der Waals surface area (Å²) in [7, 11) is 0. The molecule has 0 saturated carbocycles. The highest BCUT2D eigenvalue weighted by Crippen LogP contribution is 2.42. The number of carbonyl (C=O) groups excluding carboxylic acids is 2. The second-order valence-corrected chi connectivity index (χ2v) is 6.41. The Bertz CT molecular complexity index is 724. The van der Waals surface area contributed by atoms with Gasteiger partial charge in [-0.1, -0.05) is 30.3 Å². The molecular formula is C17H15ClN2O2S. The number of anilines is 2. The van der Waals surface area contributed by atoms with Crippen molar-refractivity contribution in [3.8, 4) is 0 Å². The van der Waals surface area contributed by atoms with Crippen LogP contribution in [0, 0.1) is 0 Å². The number of benzene rings is 2. The standard InChI is InChI=1S/C17H15ClN2O2S/c18-10-15(21)19-13-6-4-5-12(9-13)17-20(16(22)11-23-17)14-7-2-1-3-8-14/h1-9,17H,10-11H2,(H,19,21). The third-order valence-corrected chi connectivity index (χ3v) is 4.93. The second-order valence-electron chi connectivity index (χ2n) is 5.07. The maximum absolute atomic E-state index is 12.3. The highest BCUT2D eigenvalue weighted by atomic mass is 35.5. The van der Waals surface area contributed by atoms with Crippen molar-refractivity contribution in [2.24, 2.45) is 0 Å². The number of nitrogens with one attached hydrogen (secondary N) is 1. The average molecular weight is 347 g/mol. The lowest BCUT2D eigenvalue weighted by atomic mass is 10.1. The Kier molecular flexibility index (Phi) is 4.88. The Morgan fingerprint density at radius 3 is 2.74 bits per heavy atom. The summed E-state index contributed by atoms with van der Waals surface area (Å²) in [5.41, 5.74) is 2.53. The van der Waals surface area contributed by atoms with E-state index in [4.69, 9.17) is 11.6 Å². The molecule has 1 aliphatic rings. The molecule has 1 heterocycles. The van der Waals surface area contributed by atoms with Crippen molar-refractivity contribution in [1.29, 1.82) is 0 Å². The average Bonchev–Trinajstić information content (AvgIpc) is 2.97. The van der Waals surface area contributed by atoms with Crippen molar-refractivity contribution >= 4 is 46.6 Å². The highest BCUT2D eigenvalue weighted by Gasteiger charge is 2.33. The minimum atomic E-state index is -0.251. The smallest absolute Gasteiger partial charge is 0.239 e. The van der Waals surface area contributed by atoms with Gasteiger partial charge in [-0.2, -0.15) is 0 Å². The van der Waals surface area contributed by atoms with Crippen LogP contribution >= 0.6 is 23.4 Å².